The monoisotopic (exact) mass is 561 g/mol. The van der Waals surface area contributed by atoms with E-state index in [1.165, 1.54) is 7.11 Å². The van der Waals surface area contributed by atoms with Crippen molar-refractivity contribution in [2.45, 2.75) is 111 Å². The molecule has 40 heavy (non-hydrogen) atoms. The van der Waals surface area contributed by atoms with Gasteiger partial charge in [-0.05, 0) is 57.6 Å². The molecule has 1 rings (SSSR count). The number of ether oxygens (including phenoxy) is 2. The fraction of sp³-hybridized carbons (Fsp3) is 0.677. The molecule has 2 atom stereocenters. The third-order valence-electron chi connectivity index (χ3n) is 6.41. The molecule has 226 valence electrons. The van der Waals surface area contributed by atoms with Crippen LogP contribution in [0, 0.1) is 12.8 Å². The minimum atomic E-state index is -0.996. The van der Waals surface area contributed by atoms with Gasteiger partial charge in [-0.25, -0.2) is 4.79 Å². The lowest BCUT2D eigenvalue weighted by molar-refractivity contribution is -0.145. The van der Waals surface area contributed by atoms with Crippen molar-refractivity contribution in [2.24, 2.45) is 5.92 Å². The van der Waals surface area contributed by atoms with Gasteiger partial charge < -0.3 is 25.0 Å². The first-order chi connectivity index (χ1) is 18.8. The number of rotatable bonds is 16. The number of carbonyl (C=O) groups excluding carboxylic acids is 4. The van der Waals surface area contributed by atoms with Gasteiger partial charge in [0.25, 0.3) is 0 Å². The maximum Gasteiger partial charge on any atom is 0.408 e. The van der Waals surface area contributed by atoms with Gasteiger partial charge in [0.2, 0.25) is 11.8 Å². The maximum atomic E-state index is 14.3. The van der Waals surface area contributed by atoms with Crippen LogP contribution in [-0.4, -0.2) is 60.6 Å². The Morgan fingerprint density at radius 2 is 1.60 bits per heavy atom. The van der Waals surface area contributed by atoms with Crippen LogP contribution in [0.3, 0.4) is 0 Å². The van der Waals surface area contributed by atoms with Crippen LogP contribution in [0.2, 0.25) is 0 Å². The smallest absolute Gasteiger partial charge is 0.408 e. The molecule has 2 unspecified atom stereocenters. The Morgan fingerprint density at radius 1 is 0.975 bits per heavy atom. The van der Waals surface area contributed by atoms with Crippen LogP contribution >= 0.6 is 0 Å². The maximum absolute atomic E-state index is 14.3. The van der Waals surface area contributed by atoms with Gasteiger partial charge in [-0.3, -0.25) is 14.4 Å². The quantitative estimate of drug-likeness (QED) is 0.205. The molecule has 0 fully saturated rings. The molecule has 0 radical (unpaired) electrons. The van der Waals surface area contributed by atoms with Gasteiger partial charge in [-0.2, -0.15) is 0 Å². The fourth-order valence-electron chi connectivity index (χ4n) is 4.44. The van der Waals surface area contributed by atoms with Gasteiger partial charge in [0, 0.05) is 6.54 Å². The molecule has 0 heterocycles. The number of amides is 3. The molecule has 9 heteroatoms. The number of hydrogen-bond acceptors (Lipinski definition) is 6. The number of unbranched alkanes of at least 4 members (excludes halogenated alkanes) is 5. The fourth-order valence-corrected chi connectivity index (χ4v) is 4.44. The van der Waals surface area contributed by atoms with Crippen molar-refractivity contribution in [2.75, 3.05) is 20.2 Å². The van der Waals surface area contributed by atoms with Crippen molar-refractivity contribution in [3.8, 4) is 0 Å². The van der Waals surface area contributed by atoms with E-state index in [4.69, 9.17) is 9.47 Å². The molecule has 0 aliphatic carbocycles. The lowest BCUT2D eigenvalue weighted by Gasteiger charge is -2.35. The van der Waals surface area contributed by atoms with Gasteiger partial charge in [0.15, 0.2) is 0 Å². The SMILES string of the molecule is CCCCCCCCN(C(=O)C(CC(C)C)NC(=O)OC(C)(C)C)C(C(=O)NCC(=O)OC)c1ccccc1C. The Balaban J connectivity index is 3.46. The van der Waals surface area contributed by atoms with Crippen molar-refractivity contribution in [3.63, 3.8) is 0 Å². The zero-order chi connectivity index (χ0) is 30.3. The third kappa shape index (κ3) is 12.8. The molecule has 3 amide bonds. The summed E-state index contributed by atoms with van der Waals surface area (Å²) < 4.78 is 10.2. The number of methoxy groups -OCH3 is 1. The standard InChI is InChI=1S/C31H51N3O6/c1-9-10-11-12-13-16-19-34(29(37)25(20-22(2)3)33-30(38)40-31(5,6)7)27(24-18-15-14-17-23(24)4)28(36)32-21-26(35)39-8/h14-15,17-18,22,25,27H,9-13,16,19-21H2,1-8H3,(H,32,36)(H,33,38). The molecule has 9 nitrogen and oxygen atoms in total. The van der Waals surface area contributed by atoms with Crippen LogP contribution in [0.1, 0.15) is 104 Å². The Hall–Kier alpha value is -3.10. The summed E-state index contributed by atoms with van der Waals surface area (Å²) in [6.07, 6.45) is 5.72. The normalized spacial score (nSPS) is 12.8. The molecule has 0 aromatic heterocycles. The minimum absolute atomic E-state index is 0.0878. The molecule has 0 saturated carbocycles. The van der Waals surface area contributed by atoms with Gasteiger partial charge in [0.05, 0.1) is 7.11 Å². The highest BCUT2D eigenvalue weighted by Crippen LogP contribution is 2.27. The topological polar surface area (TPSA) is 114 Å². The Labute approximate surface area is 240 Å². The highest BCUT2D eigenvalue weighted by atomic mass is 16.6. The first-order valence-electron chi connectivity index (χ1n) is 14.5. The molecule has 0 spiro atoms. The second-order valence-corrected chi connectivity index (χ2v) is 11.7. The summed E-state index contributed by atoms with van der Waals surface area (Å²) in [7, 11) is 1.25. The van der Waals surface area contributed by atoms with E-state index in [1.807, 2.05) is 45.0 Å². The van der Waals surface area contributed by atoms with E-state index >= 15 is 0 Å². The second kappa shape index (κ2) is 17.6. The van der Waals surface area contributed by atoms with Crippen molar-refractivity contribution in [1.29, 1.82) is 0 Å². The number of hydrogen-bond donors (Lipinski definition) is 2. The van der Waals surface area contributed by atoms with Crippen molar-refractivity contribution >= 4 is 23.9 Å². The predicted molar refractivity (Wildman–Crippen MR) is 157 cm³/mol. The molecular weight excluding hydrogens is 510 g/mol. The largest absolute Gasteiger partial charge is 0.468 e. The van der Waals surface area contributed by atoms with Crippen LogP contribution < -0.4 is 10.6 Å². The third-order valence-corrected chi connectivity index (χ3v) is 6.41. The van der Waals surface area contributed by atoms with Crippen molar-refractivity contribution in [3.05, 3.63) is 35.4 Å². The number of carbonyl (C=O) groups is 4. The summed E-state index contributed by atoms with van der Waals surface area (Å²) in [6, 6.07) is 5.50. The predicted octanol–water partition coefficient (Wildman–Crippen LogP) is 5.45. The summed E-state index contributed by atoms with van der Waals surface area (Å²) in [5, 5.41) is 5.41. The second-order valence-electron chi connectivity index (χ2n) is 11.7. The number of nitrogens with one attached hydrogen (secondary N) is 2. The van der Waals surface area contributed by atoms with Crippen LogP contribution in [-0.2, 0) is 23.9 Å². The Kier molecular flexibility index (Phi) is 15.3. The minimum Gasteiger partial charge on any atom is -0.468 e. The molecule has 0 aliphatic rings. The number of alkyl carbamates (subject to hydrolysis) is 1. The van der Waals surface area contributed by atoms with E-state index in [2.05, 4.69) is 17.6 Å². The number of benzene rings is 1. The van der Waals surface area contributed by atoms with Gasteiger partial charge >= 0.3 is 12.1 Å². The van der Waals surface area contributed by atoms with E-state index in [1.54, 1.807) is 25.7 Å². The average molecular weight is 562 g/mol. The van der Waals surface area contributed by atoms with E-state index in [-0.39, 0.29) is 18.4 Å². The first-order valence-corrected chi connectivity index (χ1v) is 14.5. The first kappa shape index (κ1) is 34.9. The molecule has 1 aromatic carbocycles. The highest BCUT2D eigenvalue weighted by Gasteiger charge is 2.37. The van der Waals surface area contributed by atoms with Crippen molar-refractivity contribution < 1.29 is 28.7 Å². The molecule has 0 aliphatic heterocycles. The summed E-state index contributed by atoms with van der Waals surface area (Å²) in [5.41, 5.74) is 0.761. The lowest BCUT2D eigenvalue weighted by Crippen LogP contribution is -2.54. The van der Waals surface area contributed by atoms with Crippen molar-refractivity contribution in [1.82, 2.24) is 15.5 Å². The van der Waals surface area contributed by atoms with Crippen LogP contribution in [0.5, 0.6) is 0 Å². The zero-order valence-electron chi connectivity index (χ0n) is 25.8. The molecule has 0 saturated heterocycles. The van der Waals surface area contributed by atoms with E-state index in [0.29, 0.717) is 24.9 Å². The van der Waals surface area contributed by atoms with E-state index in [0.717, 1.165) is 37.7 Å². The van der Waals surface area contributed by atoms with E-state index in [9.17, 15) is 19.2 Å². The van der Waals surface area contributed by atoms with E-state index < -0.39 is 35.7 Å². The average Bonchev–Trinajstić information content (AvgIpc) is 2.87. The van der Waals surface area contributed by atoms with Gasteiger partial charge in [-0.1, -0.05) is 77.1 Å². The van der Waals surface area contributed by atoms with Crippen LogP contribution in [0.4, 0.5) is 4.79 Å². The Morgan fingerprint density at radius 3 is 2.17 bits per heavy atom. The van der Waals surface area contributed by atoms with Crippen LogP contribution in [0.15, 0.2) is 24.3 Å². The summed E-state index contributed by atoms with van der Waals surface area (Å²) in [5.74, 6) is -1.35. The highest BCUT2D eigenvalue weighted by molar-refractivity contribution is 5.93. The number of nitrogens with zero attached hydrogens (tertiary/aromatic N) is 1. The lowest BCUT2D eigenvalue weighted by atomic mass is 9.96. The number of aryl methyl sites for hydroxylation is 1. The molecular formula is C31H51N3O6. The molecule has 2 N–H and O–H groups in total. The molecule has 1 aromatic rings. The summed E-state index contributed by atoms with van der Waals surface area (Å²) in [6.45, 7) is 13.3. The summed E-state index contributed by atoms with van der Waals surface area (Å²) in [4.78, 5) is 54.0. The molecule has 0 bridgehead atoms. The zero-order valence-corrected chi connectivity index (χ0v) is 25.8. The van der Waals surface area contributed by atoms with Gasteiger partial charge in [0.1, 0.15) is 24.2 Å². The summed E-state index contributed by atoms with van der Waals surface area (Å²) >= 11 is 0. The number of esters is 1. The Bertz CT molecular complexity index is 957. The van der Waals surface area contributed by atoms with Crippen LogP contribution in [0.25, 0.3) is 0 Å². The van der Waals surface area contributed by atoms with Gasteiger partial charge in [-0.15, -0.1) is 0 Å².